The largest absolute Gasteiger partial charge is 0.332 e. The number of imidazole rings is 1. The number of alkyl halides is 1. The molecule has 7 heteroatoms. The van der Waals surface area contributed by atoms with Crippen molar-refractivity contribution in [1.82, 2.24) is 9.97 Å². The van der Waals surface area contributed by atoms with Crippen molar-refractivity contribution < 1.29 is 8.42 Å². The molecule has 2 rings (SSSR count). The van der Waals surface area contributed by atoms with E-state index in [1.54, 1.807) is 31.2 Å². The summed E-state index contributed by atoms with van der Waals surface area (Å²) in [6, 6.07) is 6.86. The standard InChI is InChI=1S/C11H12ClN3O2S/c1-8-13-7-11(14-8)18(16,17)15-10-4-2-9(6-12)3-5-10/h2-5,7,15H,6H2,1H3,(H,13,14). The molecule has 0 saturated carbocycles. The molecule has 2 aromatic rings. The number of rotatable bonds is 4. The first-order chi connectivity index (χ1) is 8.51. The average molecular weight is 286 g/mol. The highest BCUT2D eigenvalue weighted by atomic mass is 35.5. The molecule has 0 spiro atoms. The lowest BCUT2D eigenvalue weighted by molar-refractivity contribution is 0.598. The van der Waals surface area contributed by atoms with Gasteiger partial charge in [-0.2, -0.15) is 8.42 Å². The molecule has 1 aromatic carbocycles. The third-order valence-corrected chi connectivity index (χ3v) is 3.93. The SMILES string of the molecule is Cc1ncc(S(=O)(=O)Nc2ccc(CCl)cc2)[nH]1. The molecule has 18 heavy (non-hydrogen) atoms. The Morgan fingerprint density at radius 3 is 2.50 bits per heavy atom. The fourth-order valence-corrected chi connectivity index (χ4v) is 2.61. The normalized spacial score (nSPS) is 11.4. The van der Waals surface area contributed by atoms with E-state index in [4.69, 9.17) is 11.6 Å². The van der Waals surface area contributed by atoms with Gasteiger partial charge in [-0.3, -0.25) is 4.72 Å². The lowest BCUT2D eigenvalue weighted by atomic mass is 10.2. The Morgan fingerprint density at radius 2 is 2.00 bits per heavy atom. The highest BCUT2D eigenvalue weighted by molar-refractivity contribution is 7.92. The van der Waals surface area contributed by atoms with Gasteiger partial charge in [-0.05, 0) is 24.6 Å². The smallest absolute Gasteiger partial charge is 0.278 e. The zero-order chi connectivity index (χ0) is 13.2. The van der Waals surface area contributed by atoms with Gasteiger partial charge < -0.3 is 4.98 Å². The van der Waals surface area contributed by atoms with Crippen molar-refractivity contribution in [3.05, 3.63) is 41.9 Å². The number of halogens is 1. The van der Waals surface area contributed by atoms with Gasteiger partial charge in [-0.1, -0.05) is 12.1 Å². The van der Waals surface area contributed by atoms with Gasteiger partial charge >= 0.3 is 0 Å². The van der Waals surface area contributed by atoms with Gasteiger partial charge in [0.2, 0.25) is 0 Å². The van der Waals surface area contributed by atoms with E-state index in [9.17, 15) is 8.42 Å². The molecular weight excluding hydrogens is 274 g/mol. The number of benzene rings is 1. The monoisotopic (exact) mass is 285 g/mol. The predicted molar refractivity (Wildman–Crippen MR) is 70.1 cm³/mol. The summed E-state index contributed by atoms with van der Waals surface area (Å²) in [5, 5.41) is 0.0430. The first-order valence-electron chi connectivity index (χ1n) is 5.20. The van der Waals surface area contributed by atoms with E-state index in [1.165, 1.54) is 6.20 Å². The van der Waals surface area contributed by atoms with Crippen LogP contribution in [-0.2, 0) is 15.9 Å². The van der Waals surface area contributed by atoms with Crippen LogP contribution in [0.2, 0.25) is 0 Å². The number of nitrogens with zero attached hydrogens (tertiary/aromatic N) is 1. The van der Waals surface area contributed by atoms with E-state index < -0.39 is 10.0 Å². The summed E-state index contributed by atoms with van der Waals surface area (Å²) in [6.07, 6.45) is 1.28. The summed E-state index contributed by atoms with van der Waals surface area (Å²) in [4.78, 5) is 6.54. The van der Waals surface area contributed by atoms with Crippen LogP contribution < -0.4 is 4.72 Å². The minimum atomic E-state index is -3.61. The molecule has 0 unspecified atom stereocenters. The van der Waals surface area contributed by atoms with Crippen molar-refractivity contribution in [1.29, 1.82) is 0 Å². The zero-order valence-corrected chi connectivity index (χ0v) is 11.2. The van der Waals surface area contributed by atoms with E-state index in [2.05, 4.69) is 14.7 Å². The minimum absolute atomic E-state index is 0.0430. The molecule has 0 aliphatic rings. The van der Waals surface area contributed by atoms with E-state index in [1.807, 2.05) is 0 Å². The van der Waals surface area contributed by atoms with Crippen molar-refractivity contribution >= 4 is 27.3 Å². The van der Waals surface area contributed by atoms with E-state index >= 15 is 0 Å². The van der Waals surface area contributed by atoms with Gasteiger partial charge in [0.05, 0.1) is 6.20 Å². The van der Waals surface area contributed by atoms with Crippen molar-refractivity contribution in [2.24, 2.45) is 0 Å². The van der Waals surface area contributed by atoms with Crippen molar-refractivity contribution in [2.45, 2.75) is 17.8 Å². The molecule has 96 valence electrons. The van der Waals surface area contributed by atoms with Crippen molar-refractivity contribution in [2.75, 3.05) is 4.72 Å². The van der Waals surface area contributed by atoms with E-state index in [0.29, 0.717) is 17.4 Å². The lowest BCUT2D eigenvalue weighted by Gasteiger charge is -2.06. The van der Waals surface area contributed by atoms with Gasteiger partial charge in [-0.25, -0.2) is 4.98 Å². The first kappa shape index (κ1) is 12.9. The fraction of sp³-hybridized carbons (Fsp3) is 0.182. The third kappa shape index (κ3) is 2.83. The summed E-state index contributed by atoms with van der Waals surface area (Å²) in [6.45, 7) is 1.69. The Morgan fingerprint density at radius 1 is 1.33 bits per heavy atom. The average Bonchev–Trinajstić information content (AvgIpc) is 2.77. The van der Waals surface area contributed by atoms with E-state index in [-0.39, 0.29) is 5.03 Å². The maximum absolute atomic E-state index is 12.0. The topological polar surface area (TPSA) is 74.8 Å². The maximum atomic E-state index is 12.0. The molecule has 0 aliphatic carbocycles. The highest BCUT2D eigenvalue weighted by Crippen LogP contribution is 2.16. The molecule has 0 radical (unpaired) electrons. The summed E-state index contributed by atoms with van der Waals surface area (Å²) < 4.78 is 26.4. The van der Waals surface area contributed by atoms with Crippen LogP contribution in [0, 0.1) is 6.92 Å². The molecule has 0 fully saturated rings. The number of aromatic nitrogens is 2. The molecule has 0 atom stereocenters. The van der Waals surface area contributed by atoms with Crippen LogP contribution in [0.4, 0.5) is 5.69 Å². The van der Waals surface area contributed by atoms with Gasteiger partial charge in [-0.15, -0.1) is 11.6 Å². The number of nitrogens with one attached hydrogen (secondary N) is 2. The molecular formula is C11H12ClN3O2S. The second kappa shape index (κ2) is 4.99. The van der Waals surface area contributed by atoms with Gasteiger partial charge in [0.1, 0.15) is 5.82 Å². The van der Waals surface area contributed by atoms with E-state index in [0.717, 1.165) is 5.56 Å². The van der Waals surface area contributed by atoms with Crippen LogP contribution >= 0.6 is 11.6 Å². The lowest BCUT2D eigenvalue weighted by Crippen LogP contribution is -2.13. The fourth-order valence-electron chi connectivity index (χ4n) is 1.41. The number of H-pyrrole nitrogens is 1. The molecule has 5 nitrogen and oxygen atoms in total. The Kier molecular flexibility index (Phi) is 3.58. The minimum Gasteiger partial charge on any atom is -0.332 e. The number of hydrogen-bond acceptors (Lipinski definition) is 3. The molecule has 0 amide bonds. The van der Waals surface area contributed by atoms with Crippen molar-refractivity contribution in [3.8, 4) is 0 Å². The Labute approximate surface area is 110 Å². The highest BCUT2D eigenvalue weighted by Gasteiger charge is 2.16. The quantitative estimate of drug-likeness (QED) is 0.846. The second-order valence-electron chi connectivity index (χ2n) is 3.77. The number of hydrogen-bond donors (Lipinski definition) is 2. The molecule has 1 aromatic heterocycles. The zero-order valence-electron chi connectivity index (χ0n) is 9.64. The van der Waals surface area contributed by atoms with Gasteiger partial charge in [0, 0.05) is 11.6 Å². The van der Waals surface area contributed by atoms with Crippen LogP contribution in [0.25, 0.3) is 0 Å². The third-order valence-electron chi connectivity index (χ3n) is 2.33. The predicted octanol–water partition coefficient (Wildman–Crippen LogP) is 2.26. The Balaban J connectivity index is 2.22. The summed E-state index contributed by atoms with van der Waals surface area (Å²) in [5.41, 5.74) is 1.41. The molecule has 0 bridgehead atoms. The molecule has 0 aliphatic heterocycles. The number of sulfonamides is 1. The van der Waals surface area contributed by atoms with Crippen LogP contribution in [0.3, 0.4) is 0 Å². The van der Waals surface area contributed by atoms with Crippen LogP contribution in [-0.4, -0.2) is 18.4 Å². The molecule has 1 heterocycles. The number of anilines is 1. The van der Waals surface area contributed by atoms with Gasteiger partial charge in [0.15, 0.2) is 5.03 Å². The number of aryl methyl sites for hydroxylation is 1. The summed E-state index contributed by atoms with van der Waals surface area (Å²) >= 11 is 5.66. The van der Waals surface area contributed by atoms with Crippen molar-refractivity contribution in [3.63, 3.8) is 0 Å². The second-order valence-corrected chi connectivity index (χ2v) is 5.69. The maximum Gasteiger partial charge on any atom is 0.278 e. The molecule has 0 saturated heterocycles. The van der Waals surface area contributed by atoms with Crippen LogP contribution in [0.1, 0.15) is 11.4 Å². The van der Waals surface area contributed by atoms with Gasteiger partial charge in [0.25, 0.3) is 10.0 Å². The summed E-state index contributed by atoms with van der Waals surface area (Å²) in [7, 11) is -3.61. The Hall–Kier alpha value is -1.53. The number of aromatic amines is 1. The first-order valence-corrected chi connectivity index (χ1v) is 7.22. The Bertz CT molecular complexity index is 635. The summed E-state index contributed by atoms with van der Waals surface area (Å²) in [5.74, 6) is 0.945. The van der Waals surface area contributed by atoms with Crippen LogP contribution in [0.5, 0.6) is 0 Å². The molecule has 2 N–H and O–H groups in total. The van der Waals surface area contributed by atoms with Crippen LogP contribution in [0.15, 0.2) is 35.5 Å².